The minimum Gasteiger partial charge on any atom is -0.375 e. The summed E-state index contributed by atoms with van der Waals surface area (Å²) in [5.74, 6) is 0.993. The van der Waals surface area contributed by atoms with E-state index in [-0.39, 0.29) is 6.61 Å². The highest BCUT2D eigenvalue weighted by Gasteiger charge is 2.14. The van der Waals surface area contributed by atoms with Crippen LogP contribution < -0.4 is 5.32 Å². The molecule has 1 aromatic heterocycles. The predicted octanol–water partition coefficient (Wildman–Crippen LogP) is 2.63. The molecule has 0 fully saturated rings. The molecule has 21 heavy (non-hydrogen) atoms. The SMILES string of the molecule is CCNCC(C)c1c(C)nc(CCOCC(F)F)nc1C. The summed E-state index contributed by atoms with van der Waals surface area (Å²) < 4.78 is 28.8. The van der Waals surface area contributed by atoms with Gasteiger partial charge in [-0.05, 0) is 31.9 Å². The summed E-state index contributed by atoms with van der Waals surface area (Å²) in [6.07, 6.45) is -1.97. The van der Waals surface area contributed by atoms with Crippen molar-refractivity contribution in [3.8, 4) is 0 Å². The molecule has 1 atom stereocenters. The number of alkyl halides is 2. The van der Waals surface area contributed by atoms with Gasteiger partial charge in [-0.15, -0.1) is 0 Å². The molecule has 0 saturated heterocycles. The topological polar surface area (TPSA) is 47.0 Å². The van der Waals surface area contributed by atoms with Crippen molar-refractivity contribution in [2.24, 2.45) is 0 Å². The average molecular weight is 301 g/mol. The maximum Gasteiger partial charge on any atom is 0.261 e. The Labute approximate surface area is 125 Å². The number of halogens is 2. The van der Waals surface area contributed by atoms with Crippen LogP contribution in [-0.4, -0.2) is 42.7 Å². The van der Waals surface area contributed by atoms with E-state index in [1.165, 1.54) is 0 Å². The number of ether oxygens (including phenoxy) is 1. The second-order valence-electron chi connectivity index (χ2n) is 5.15. The molecule has 120 valence electrons. The van der Waals surface area contributed by atoms with Crippen molar-refractivity contribution in [2.45, 2.75) is 46.5 Å². The summed E-state index contributed by atoms with van der Waals surface area (Å²) in [6, 6.07) is 0. The van der Waals surface area contributed by atoms with Gasteiger partial charge in [-0.2, -0.15) is 0 Å². The van der Waals surface area contributed by atoms with Crippen LogP contribution in [0.1, 0.15) is 42.5 Å². The minimum absolute atomic E-state index is 0.218. The van der Waals surface area contributed by atoms with Crippen molar-refractivity contribution >= 4 is 0 Å². The van der Waals surface area contributed by atoms with Gasteiger partial charge < -0.3 is 10.1 Å². The van der Waals surface area contributed by atoms with E-state index in [0.29, 0.717) is 18.2 Å². The molecule has 4 nitrogen and oxygen atoms in total. The minimum atomic E-state index is -2.43. The van der Waals surface area contributed by atoms with Crippen molar-refractivity contribution < 1.29 is 13.5 Å². The van der Waals surface area contributed by atoms with E-state index in [9.17, 15) is 8.78 Å². The third-order valence-corrected chi connectivity index (χ3v) is 3.28. The largest absolute Gasteiger partial charge is 0.375 e. The fourth-order valence-electron chi connectivity index (χ4n) is 2.42. The number of aryl methyl sites for hydroxylation is 2. The van der Waals surface area contributed by atoms with Crippen LogP contribution >= 0.6 is 0 Å². The van der Waals surface area contributed by atoms with E-state index in [1.54, 1.807) is 0 Å². The van der Waals surface area contributed by atoms with Crippen molar-refractivity contribution in [1.29, 1.82) is 0 Å². The molecule has 0 spiro atoms. The van der Waals surface area contributed by atoms with Crippen LogP contribution in [0.3, 0.4) is 0 Å². The number of hydrogen-bond donors (Lipinski definition) is 1. The molecule has 6 heteroatoms. The van der Waals surface area contributed by atoms with Gasteiger partial charge in [0.25, 0.3) is 6.43 Å². The van der Waals surface area contributed by atoms with E-state index in [4.69, 9.17) is 4.74 Å². The van der Waals surface area contributed by atoms with Gasteiger partial charge in [-0.25, -0.2) is 18.7 Å². The Hall–Kier alpha value is -1.14. The van der Waals surface area contributed by atoms with Crippen LogP contribution in [0.5, 0.6) is 0 Å². The van der Waals surface area contributed by atoms with Crippen LogP contribution in [0.15, 0.2) is 0 Å². The maximum absolute atomic E-state index is 12.0. The van der Waals surface area contributed by atoms with Crippen LogP contribution in [0.4, 0.5) is 8.78 Å². The number of aromatic nitrogens is 2. The number of hydrogen-bond acceptors (Lipinski definition) is 4. The van der Waals surface area contributed by atoms with Gasteiger partial charge in [0, 0.05) is 24.4 Å². The zero-order valence-electron chi connectivity index (χ0n) is 13.2. The van der Waals surface area contributed by atoms with Crippen molar-refractivity contribution in [1.82, 2.24) is 15.3 Å². The number of nitrogens with zero attached hydrogens (tertiary/aromatic N) is 2. The smallest absolute Gasteiger partial charge is 0.261 e. The molecule has 1 rings (SSSR count). The normalized spacial score (nSPS) is 12.9. The predicted molar refractivity (Wildman–Crippen MR) is 79.0 cm³/mol. The Bertz CT molecular complexity index is 418. The summed E-state index contributed by atoms with van der Waals surface area (Å²) in [7, 11) is 0. The summed E-state index contributed by atoms with van der Waals surface area (Å²) in [5.41, 5.74) is 3.07. The van der Waals surface area contributed by atoms with Crippen LogP contribution in [0, 0.1) is 13.8 Å². The molecule has 0 aromatic carbocycles. The van der Waals surface area contributed by atoms with E-state index in [0.717, 1.165) is 30.0 Å². The van der Waals surface area contributed by atoms with Crippen LogP contribution in [0.25, 0.3) is 0 Å². The van der Waals surface area contributed by atoms with Crippen molar-refractivity contribution in [2.75, 3.05) is 26.3 Å². The molecule has 1 N–H and O–H groups in total. The Balaban J connectivity index is 2.66. The quantitative estimate of drug-likeness (QED) is 0.712. The summed E-state index contributed by atoms with van der Waals surface area (Å²) >= 11 is 0. The molecule has 1 unspecified atom stereocenters. The average Bonchev–Trinajstić information content (AvgIpc) is 2.40. The highest BCUT2D eigenvalue weighted by Crippen LogP contribution is 2.20. The van der Waals surface area contributed by atoms with E-state index < -0.39 is 13.0 Å². The third kappa shape index (κ3) is 6.01. The summed E-state index contributed by atoms with van der Waals surface area (Å²) in [4.78, 5) is 8.95. The van der Waals surface area contributed by atoms with Gasteiger partial charge in [0.15, 0.2) is 0 Å². The molecule has 0 aliphatic rings. The summed E-state index contributed by atoms with van der Waals surface area (Å²) in [6.45, 7) is 9.66. The highest BCUT2D eigenvalue weighted by atomic mass is 19.3. The van der Waals surface area contributed by atoms with Crippen molar-refractivity contribution in [3.63, 3.8) is 0 Å². The highest BCUT2D eigenvalue weighted by molar-refractivity contribution is 5.28. The van der Waals surface area contributed by atoms with Crippen molar-refractivity contribution in [3.05, 3.63) is 22.8 Å². The lowest BCUT2D eigenvalue weighted by atomic mass is 9.98. The van der Waals surface area contributed by atoms with E-state index >= 15 is 0 Å². The van der Waals surface area contributed by atoms with Gasteiger partial charge >= 0.3 is 0 Å². The van der Waals surface area contributed by atoms with E-state index in [1.807, 2.05) is 13.8 Å². The standard InChI is InChI=1S/C15H25F2N3O/c1-5-18-8-10(2)15-11(3)19-14(20-12(15)4)6-7-21-9-13(16)17/h10,13,18H,5-9H2,1-4H3. The van der Waals surface area contributed by atoms with Crippen LogP contribution in [0.2, 0.25) is 0 Å². The first kappa shape index (κ1) is 17.9. The Morgan fingerprint density at radius 3 is 2.33 bits per heavy atom. The second kappa shape index (κ2) is 9.00. The van der Waals surface area contributed by atoms with E-state index in [2.05, 4.69) is 29.1 Å². The Morgan fingerprint density at radius 1 is 1.19 bits per heavy atom. The van der Waals surface area contributed by atoms with Gasteiger partial charge in [0.2, 0.25) is 0 Å². The fourth-order valence-corrected chi connectivity index (χ4v) is 2.42. The number of likely N-dealkylation sites (N-methyl/N-ethyl adjacent to an activating group) is 1. The van der Waals surface area contributed by atoms with Gasteiger partial charge in [-0.1, -0.05) is 13.8 Å². The molecule has 0 aliphatic heterocycles. The lowest BCUT2D eigenvalue weighted by Crippen LogP contribution is -2.21. The zero-order valence-corrected chi connectivity index (χ0v) is 13.2. The lowest BCUT2D eigenvalue weighted by Gasteiger charge is -2.17. The first-order valence-corrected chi connectivity index (χ1v) is 7.36. The molecule has 0 amide bonds. The van der Waals surface area contributed by atoms with Gasteiger partial charge in [0.05, 0.1) is 6.61 Å². The molecule has 1 aromatic rings. The molecule has 0 radical (unpaired) electrons. The van der Waals surface area contributed by atoms with Crippen LogP contribution in [-0.2, 0) is 11.2 Å². The fraction of sp³-hybridized carbons (Fsp3) is 0.733. The first-order chi connectivity index (χ1) is 9.95. The molecular formula is C15H25F2N3O. The second-order valence-corrected chi connectivity index (χ2v) is 5.15. The van der Waals surface area contributed by atoms with Gasteiger partial charge in [-0.3, -0.25) is 0 Å². The Morgan fingerprint density at radius 2 is 1.81 bits per heavy atom. The number of rotatable bonds is 9. The first-order valence-electron chi connectivity index (χ1n) is 7.36. The summed E-state index contributed by atoms with van der Waals surface area (Å²) in [5, 5.41) is 3.32. The monoisotopic (exact) mass is 301 g/mol. The molecule has 0 bridgehead atoms. The Kier molecular flexibility index (Phi) is 7.67. The molecular weight excluding hydrogens is 276 g/mol. The zero-order chi connectivity index (χ0) is 15.8. The lowest BCUT2D eigenvalue weighted by molar-refractivity contribution is 0.0182. The number of nitrogens with one attached hydrogen (secondary N) is 1. The molecule has 1 heterocycles. The third-order valence-electron chi connectivity index (χ3n) is 3.28. The molecule has 0 aliphatic carbocycles. The van der Waals surface area contributed by atoms with Gasteiger partial charge in [0.1, 0.15) is 12.4 Å². The maximum atomic E-state index is 12.0. The molecule has 0 saturated carbocycles.